The molecule has 1 amide bonds. The zero-order chi connectivity index (χ0) is 40.8. The van der Waals surface area contributed by atoms with Gasteiger partial charge in [-0.15, -0.1) is 0 Å². The molecule has 0 fully saturated rings. The summed E-state index contributed by atoms with van der Waals surface area (Å²) in [6.07, 6.45) is 52.7. The third kappa shape index (κ3) is 42.0. The van der Waals surface area contributed by atoms with Crippen LogP contribution in [-0.2, 0) is 14.3 Å². The third-order valence-electron chi connectivity index (χ3n) is 11.2. The van der Waals surface area contributed by atoms with E-state index in [0.29, 0.717) is 25.9 Å². The van der Waals surface area contributed by atoms with Gasteiger partial charge >= 0.3 is 5.97 Å². The van der Waals surface area contributed by atoms with Crippen LogP contribution in [0.25, 0.3) is 0 Å². The average molecular weight is 790 g/mol. The Labute approximate surface area is 348 Å². The predicted molar refractivity (Wildman–Crippen MR) is 241 cm³/mol. The lowest BCUT2D eigenvalue weighted by Gasteiger charge is -2.22. The van der Waals surface area contributed by atoms with E-state index < -0.39 is 12.1 Å². The number of hydrogen-bond donors (Lipinski definition) is 3. The van der Waals surface area contributed by atoms with Crippen LogP contribution in [0.2, 0.25) is 0 Å². The van der Waals surface area contributed by atoms with Crippen molar-refractivity contribution < 1.29 is 24.5 Å². The first kappa shape index (κ1) is 54.3. The molecule has 0 aliphatic rings. The van der Waals surface area contributed by atoms with Crippen LogP contribution in [0.1, 0.15) is 258 Å². The highest BCUT2D eigenvalue weighted by Crippen LogP contribution is 2.16. The predicted octanol–water partition coefficient (Wildman–Crippen LogP) is 14.3. The van der Waals surface area contributed by atoms with Gasteiger partial charge in [0.25, 0.3) is 0 Å². The van der Waals surface area contributed by atoms with Gasteiger partial charge in [0.1, 0.15) is 0 Å². The number of aliphatic hydroxyl groups excluding tert-OH is 2. The zero-order valence-corrected chi connectivity index (χ0v) is 37.4. The number of nitrogens with one attached hydrogen (secondary N) is 1. The topological polar surface area (TPSA) is 95.9 Å². The molecule has 56 heavy (non-hydrogen) atoms. The maximum atomic E-state index is 12.4. The Morgan fingerprint density at radius 1 is 0.500 bits per heavy atom. The molecule has 0 heterocycles. The van der Waals surface area contributed by atoms with Gasteiger partial charge in [0.15, 0.2) is 0 Å². The highest BCUT2D eigenvalue weighted by Gasteiger charge is 2.20. The van der Waals surface area contributed by atoms with Crippen molar-refractivity contribution in [2.75, 3.05) is 13.2 Å². The molecule has 0 aliphatic heterocycles. The van der Waals surface area contributed by atoms with Gasteiger partial charge in [-0.05, 0) is 51.4 Å². The van der Waals surface area contributed by atoms with Crippen LogP contribution in [0.4, 0.5) is 0 Å². The van der Waals surface area contributed by atoms with Gasteiger partial charge in [-0.2, -0.15) is 0 Å². The Hall–Kier alpha value is -1.66. The molecule has 0 aromatic heterocycles. The lowest BCUT2D eigenvalue weighted by Crippen LogP contribution is -2.45. The van der Waals surface area contributed by atoms with Crippen LogP contribution >= 0.6 is 0 Å². The average Bonchev–Trinajstić information content (AvgIpc) is 3.20. The van der Waals surface area contributed by atoms with E-state index in [9.17, 15) is 19.8 Å². The standard InChI is InChI=1S/C50H95NO5/c1-3-5-7-9-11-13-15-17-18-20-22-26-30-34-38-42-48(53)47(46-52)51-49(54)43-39-35-31-27-23-21-25-29-33-37-41-45-56-50(55)44-40-36-32-28-24-19-16-14-12-10-8-6-4-2/h8,10,14,16,47-48,52-53H,3-7,9,11-13,15,17-46H2,1-2H3,(H,51,54)/b10-8-,16-14-. The Kier molecular flexibility index (Phi) is 44.7. The molecule has 6 heteroatoms. The van der Waals surface area contributed by atoms with Crippen molar-refractivity contribution in [1.29, 1.82) is 0 Å². The molecule has 2 unspecified atom stereocenters. The van der Waals surface area contributed by atoms with Gasteiger partial charge < -0.3 is 20.3 Å². The number of hydrogen-bond acceptors (Lipinski definition) is 5. The maximum absolute atomic E-state index is 12.4. The quantitative estimate of drug-likeness (QED) is 0.0324. The van der Waals surface area contributed by atoms with E-state index in [1.165, 1.54) is 154 Å². The zero-order valence-electron chi connectivity index (χ0n) is 37.4. The molecule has 3 N–H and O–H groups in total. The number of unbranched alkanes of at least 4 members (excludes halogenated alkanes) is 30. The summed E-state index contributed by atoms with van der Waals surface area (Å²) in [6, 6.07) is -0.555. The van der Waals surface area contributed by atoms with E-state index in [1.54, 1.807) is 0 Å². The molecule has 0 aromatic rings. The van der Waals surface area contributed by atoms with E-state index in [0.717, 1.165) is 70.6 Å². The van der Waals surface area contributed by atoms with Crippen molar-refractivity contribution in [3.8, 4) is 0 Å². The monoisotopic (exact) mass is 790 g/mol. The first-order valence-electron chi connectivity index (χ1n) is 24.6. The fourth-order valence-corrected chi connectivity index (χ4v) is 7.44. The van der Waals surface area contributed by atoms with Crippen LogP contribution in [0.15, 0.2) is 24.3 Å². The van der Waals surface area contributed by atoms with Crippen molar-refractivity contribution in [3.05, 3.63) is 24.3 Å². The fourth-order valence-electron chi connectivity index (χ4n) is 7.44. The molecule has 0 spiro atoms. The van der Waals surface area contributed by atoms with Gasteiger partial charge in [-0.1, -0.05) is 218 Å². The molecule has 0 bridgehead atoms. The number of carbonyl (C=O) groups excluding carboxylic acids is 2. The molecule has 0 saturated carbocycles. The van der Waals surface area contributed by atoms with Gasteiger partial charge in [0, 0.05) is 12.8 Å². The van der Waals surface area contributed by atoms with E-state index in [4.69, 9.17) is 4.74 Å². The van der Waals surface area contributed by atoms with Crippen molar-refractivity contribution in [2.24, 2.45) is 0 Å². The second-order valence-corrected chi connectivity index (χ2v) is 16.8. The number of aliphatic hydroxyl groups is 2. The Balaban J connectivity index is 3.49. The van der Waals surface area contributed by atoms with Gasteiger partial charge in [0.2, 0.25) is 5.91 Å². The van der Waals surface area contributed by atoms with Crippen LogP contribution in [0, 0.1) is 0 Å². The minimum atomic E-state index is -0.676. The van der Waals surface area contributed by atoms with Crippen LogP contribution in [0.3, 0.4) is 0 Å². The summed E-state index contributed by atoms with van der Waals surface area (Å²) in [5, 5.41) is 23.2. The SMILES string of the molecule is CCC/C=C\C/C=C\CCCCCCCC(=O)OCCCCCCCCCCCCCC(=O)NC(CO)C(O)CCCCCCCCCCCCCCCCC. The number of esters is 1. The number of ether oxygens (including phenoxy) is 1. The van der Waals surface area contributed by atoms with Crippen LogP contribution in [-0.4, -0.2) is 47.4 Å². The molecule has 0 saturated heterocycles. The highest BCUT2D eigenvalue weighted by atomic mass is 16.5. The largest absolute Gasteiger partial charge is 0.466 e. The summed E-state index contributed by atoms with van der Waals surface area (Å²) in [6.45, 7) is 4.84. The first-order valence-corrected chi connectivity index (χ1v) is 24.6. The van der Waals surface area contributed by atoms with Crippen molar-refractivity contribution in [1.82, 2.24) is 5.32 Å². The molecular formula is C50H95NO5. The summed E-state index contributed by atoms with van der Waals surface area (Å²) in [7, 11) is 0. The minimum absolute atomic E-state index is 0.0291. The van der Waals surface area contributed by atoms with Crippen molar-refractivity contribution in [2.45, 2.75) is 270 Å². The summed E-state index contributed by atoms with van der Waals surface area (Å²) in [4.78, 5) is 24.4. The van der Waals surface area contributed by atoms with Crippen LogP contribution < -0.4 is 5.32 Å². The second-order valence-electron chi connectivity index (χ2n) is 16.8. The molecule has 0 radical (unpaired) electrons. The lowest BCUT2D eigenvalue weighted by atomic mass is 10.0. The Morgan fingerprint density at radius 3 is 1.43 bits per heavy atom. The molecular weight excluding hydrogens is 695 g/mol. The number of rotatable bonds is 45. The number of allylic oxidation sites excluding steroid dienone is 4. The molecule has 330 valence electrons. The fraction of sp³-hybridized carbons (Fsp3) is 0.880. The van der Waals surface area contributed by atoms with Gasteiger partial charge in [-0.25, -0.2) is 0 Å². The van der Waals surface area contributed by atoms with Gasteiger partial charge in [-0.3, -0.25) is 9.59 Å². The lowest BCUT2D eigenvalue weighted by molar-refractivity contribution is -0.143. The molecule has 0 aromatic carbocycles. The van der Waals surface area contributed by atoms with Crippen molar-refractivity contribution in [3.63, 3.8) is 0 Å². The summed E-state index contributed by atoms with van der Waals surface area (Å²) in [5.41, 5.74) is 0. The van der Waals surface area contributed by atoms with E-state index in [2.05, 4.69) is 43.5 Å². The molecule has 6 nitrogen and oxygen atoms in total. The summed E-state index contributed by atoms with van der Waals surface area (Å²) >= 11 is 0. The normalized spacial score (nSPS) is 12.9. The summed E-state index contributed by atoms with van der Waals surface area (Å²) in [5.74, 6) is -0.0838. The van der Waals surface area contributed by atoms with E-state index >= 15 is 0 Å². The third-order valence-corrected chi connectivity index (χ3v) is 11.2. The molecule has 2 atom stereocenters. The molecule has 0 aliphatic carbocycles. The smallest absolute Gasteiger partial charge is 0.305 e. The molecule has 0 rings (SSSR count). The second kappa shape index (κ2) is 46.0. The van der Waals surface area contributed by atoms with Crippen molar-refractivity contribution >= 4 is 11.9 Å². The first-order chi connectivity index (χ1) is 27.5. The Morgan fingerprint density at radius 2 is 0.929 bits per heavy atom. The highest BCUT2D eigenvalue weighted by molar-refractivity contribution is 5.76. The number of carbonyl (C=O) groups is 2. The van der Waals surface area contributed by atoms with E-state index in [1.807, 2.05) is 0 Å². The van der Waals surface area contributed by atoms with Gasteiger partial charge in [0.05, 0.1) is 25.4 Å². The maximum Gasteiger partial charge on any atom is 0.305 e. The minimum Gasteiger partial charge on any atom is -0.466 e. The Bertz CT molecular complexity index is 874. The summed E-state index contributed by atoms with van der Waals surface area (Å²) < 4.78 is 5.44. The van der Waals surface area contributed by atoms with Crippen LogP contribution in [0.5, 0.6) is 0 Å². The number of amides is 1. The van der Waals surface area contributed by atoms with E-state index in [-0.39, 0.29) is 18.5 Å².